The van der Waals surface area contributed by atoms with Gasteiger partial charge in [0, 0.05) is 42.7 Å². The minimum Gasteiger partial charge on any atom is -0.611 e. The fourth-order valence-corrected chi connectivity index (χ4v) is 7.71. The van der Waals surface area contributed by atoms with Gasteiger partial charge in [0.15, 0.2) is 4.90 Å². The molecule has 1 aliphatic carbocycles. The molecule has 2 heterocycles. The molecular weight excluding hydrogens is 478 g/mol. The zero-order valence-electron chi connectivity index (χ0n) is 20.3. The number of carbonyl (C=O) groups excluding carboxylic acids is 2. The van der Waals surface area contributed by atoms with Crippen LogP contribution in [0.1, 0.15) is 55.3 Å². The van der Waals surface area contributed by atoms with E-state index in [4.69, 9.17) is 4.74 Å². The van der Waals surface area contributed by atoms with Crippen molar-refractivity contribution < 1.29 is 24.1 Å². The summed E-state index contributed by atoms with van der Waals surface area (Å²) in [5.41, 5.74) is 2.42. The molecule has 3 N–H and O–H groups in total. The smallest absolute Gasteiger partial charge is 0.299 e. The van der Waals surface area contributed by atoms with E-state index in [1.807, 2.05) is 4.90 Å². The Morgan fingerprint density at radius 3 is 2.17 bits per heavy atom. The van der Waals surface area contributed by atoms with E-state index in [0.717, 1.165) is 58.3 Å². The minimum atomic E-state index is -1.63. The Kier molecular flexibility index (Phi) is 7.25. The summed E-state index contributed by atoms with van der Waals surface area (Å²) in [4.78, 5) is 27.8. The molecule has 0 radical (unpaired) electrons. The summed E-state index contributed by atoms with van der Waals surface area (Å²) in [5, 5.41) is 12.8. The van der Waals surface area contributed by atoms with E-state index in [0.29, 0.717) is 34.8 Å². The van der Waals surface area contributed by atoms with E-state index in [9.17, 15) is 19.3 Å². The van der Waals surface area contributed by atoms with Crippen molar-refractivity contribution in [2.45, 2.75) is 54.6 Å². The van der Waals surface area contributed by atoms with Gasteiger partial charge in [0.25, 0.3) is 11.8 Å². The maximum Gasteiger partial charge on any atom is 0.299 e. The Hall–Kier alpha value is -2.59. The van der Waals surface area contributed by atoms with E-state index in [-0.39, 0.29) is 11.3 Å². The average molecular weight is 512 g/mol. The molecule has 2 saturated heterocycles. The molecule has 2 amide bonds. The number of nitrogens with zero attached hydrogens (tertiary/aromatic N) is 1. The minimum absolute atomic E-state index is 0.0151. The van der Waals surface area contributed by atoms with Crippen LogP contribution in [0.3, 0.4) is 0 Å². The van der Waals surface area contributed by atoms with Gasteiger partial charge in [-0.3, -0.25) is 14.8 Å². The number of hydrogen-bond acceptors (Lipinski definition) is 6. The lowest BCUT2D eigenvalue weighted by Gasteiger charge is -2.36. The van der Waals surface area contributed by atoms with Gasteiger partial charge in [0.2, 0.25) is 4.75 Å². The second-order valence-electron chi connectivity index (χ2n) is 10.2. The number of likely N-dealkylation sites (tertiary alicyclic amines) is 1. The lowest BCUT2D eigenvalue weighted by atomic mass is 9.77. The predicted octanol–water partition coefficient (Wildman–Crippen LogP) is 3.62. The van der Waals surface area contributed by atoms with Crippen LogP contribution in [-0.2, 0) is 16.0 Å². The highest BCUT2D eigenvalue weighted by Crippen LogP contribution is 2.54. The van der Waals surface area contributed by atoms with Crippen LogP contribution in [0.5, 0.6) is 11.5 Å². The summed E-state index contributed by atoms with van der Waals surface area (Å²) < 4.78 is 18.5. The molecule has 2 aromatic carbocycles. The number of ether oxygens (including phenoxy) is 1. The normalized spacial score (nSPS) is 24.0. The number of benzene rings is 2. The molecular formula is C27H33N3O5S. The van der Waals surface area contributed by atoms with Crippen molar-refractivity contribution in [2.24, 2.45) is 5.41 Å². The third kappa shape index (κ3) is 4.85. The highest BCUT2D eigenvalue weighted by atomic mass is 32.2. The van der Waals surface area contributed by atoms with Crippen LogP contribution >= 0.6 is 0 Å². The molecule has 1 spiro atoms. The standard InChI is InChI=1S/C27H33N3O5S/c31-24(30-17-1-2-18-30)20-3-5-21(6-4-20)35-22-7-9-23(10-8-22)36(34)27(25(32)29-33)12-11-26(19-27)13-15-28-16-14-26/h3-10,28,33H,1-2,11-19H2,(H,29,32). The molecule has 0 bridgehead atoms. The lowest BCUT2D eigenvalue weighted by Crippen LogP contribution is -2.51. The van der Waals surface area contributed by atoms with Crippen molar-refractivity contribution in [1.82, 2.24) is 15.7 Å². The van der Waals surface area contributed by atoms with Crippen molar-refractivity contribution in [2.75, 3.05) is 26.2 Å². The first-order chi connectivity index (χ1) is 17.4. The number of rotatable bonds is 6. The summed E-state index contributed by atoms with van der Waals surface area (Å²) in [5.74, 6) is 0.642. The summed E-state index contributed by atoms with van der Waals surface area (Å²) in [7, 11) is 0. The van der Waals surface area contributed by atoms with E-state index < -0.39 is 21.8 Å². The number of hydroxylamine groups is 1. The predicted molar refractivity (Wildman–Crippen MR) is 136 cm³/mol. The highest BCUT2D eigenvalue weighted by molar-refractivity contribution is 7.93. The molecule has 3 fully saturated rings. The molecule has 0 aromatic heterocycles. The Morgan fingerprint density at radius 2 is 1.56 bits per heavy atom. The first-order valence-electron chi connectivity index (χ1n) is 12.7. The third-order valence-corrected chi connectivity index (χ3v) is 9.97. The van der Waals surface area contributed by atoms with Gasteiger partial charge in [-0.25, -0.2) is 5.48 Å². The SMILES string of the molecule is O=C(c1ccc(Oc2ccc([S+]([O-])C3(C(=O)NO)CCC4(CCNCC4)C3)cc2)cc1)N1CCCC1. The lowest BCUT2D eigenvalue weighted by molar-refractivity contribution is -0.132. The molecule has 9 heteroatoms. The van der Waals surface area contributed by atoms with E-state index in [2.05, 4.69) is 5.32 Å². The third-order valence-electron chi connectivity index (χ3n) is 8.02. The van der Waals surface area contributed by atoms with Crippen molar-refractivity contribution in [3.63, 3.8) is 0 Å². The van der Waals surface area contributed by atoms with Crippen LogP contribution < -0.4 is 15.5 Å². The summed E-state index contributed by atoms with van der Waals surface area (Å²) >= 11 is -1.63. The summed E-state index contributed by atoms with van der Waals surface area (Å²) in [6.45, 7) is 3.40. The van der Waals surface area contributed by atoms with E-state index in [1.165, 1.54) is 0 Å². The molecule has 8 nitrogen and oxygen atoms in total. The number of nitrogens with one attached hydrogen (secondary N) is 2. The zero-order chi connectivity index (χ0) is 25.2. The average Bonchev–Trinajstić information content (AvgIpc) is 3.59. The number of amides is 2. The first-order valence-corrected chi connectivity index (χ1v) is 13.8. The molecule has 2 aromatic rings. The van der Waals surface area contributed by atoms with Gasteiger partial charge in [-0.2, -0.15) is 0 Å². The van der Waals surface area contributed by atoms with E-state index in [1.54, 1.807) is 54.0 Å². The fourth-order valence-electron chi connectivity index (χ4n) is 5.93. The molecule has 1 saturated carbocycles. The Labute approximate surface area is 214 Å². The van der Waals surface area contributed by atoms with Crippen molar-refractivity contribution in [1.29, 1.82) is 0 Å². The summed E-state index contributed by atoms with van der Waals surface area (Å²) in [6.07, 6.45) is 5.80. The Bertz CT molecular complexity index is 1080. The van der Waals surface area contributed by atoms with Crippen LogP contribution in [0.25, 0.3) is 0 Å². The molecule has 5 rings (SSSR count). The fraction of sp³-hybridized carbons (Fsp3) is 0.481. The second kappa shape index (κ2) is 10.4. The van der Waals surface area contributed by atoms with Crippen LogP contribution in [0.2, 0.25) is 0 Å². The topological polar surface area (TPSA) is 114 Å². The van der Waals surface area contributed by atoms with Gasteiger partial charge < -0.3 is 19.5 Å². The van der Waals surface area contributed by atoms with Gasteiger partial charge in [-0.15, -0.1) is 0 Å². The van der Waals surface area contributed by atoms with Gasteiger partial charge in [0.1, 0.15) is 11.5 Å². The Balaban J connectivity index is 1.27. The first kappa shape index (κ1) is 25.1. The van der Waals surface area contributed by atoms with Crippen LogP contribution in [-0.4, -0.2) is 57.4 Å². The van der Waals surface area contributed by atoms with Gasteiger partial charge in [-0.05, 0) is 99.1 Å². The van der Waals surface area contributed by atoms with Crippen LogP contribution in [0, 0.1) is 5.41 Å². The molecule has 192 valence electrons. The summed E-state index contributed by atoms with van der Waals surface area (Å²) in [6, 6.07) is 14.0. The van der Waals surface area contributed by atoms with Crippen molar-refractivity contribution in [3.8, 4) is 11.5 Å². The van der Waals surface area contributed by atoms with Gasteiger partial charge in [-0.1, -0.05) is 0 Å². The quantitative estimate of drug-likeness (QED) is 0.310. The maximum absolute atomic E-state index is 13.7. The largest absolute Gasteiger partial charge is 0.611 e. The van der Waals surface area contributed by atoms with E-state index >= 15 is 0 Å². The van der Waals surface area contributed by atoms with Crippen LogP contribution in [0.4, 0.5) is 0 Å². The monoisotopic (exact) mass is 511 g/mol. The number of piperidine rings is 1. The van der Waals surface area contributed by atoms with Crippen LogP contribution in [0.15, 0.2) is 53.4 Å². The second-order valence-corrected chi connectivity index (χ2v) is 12.0. The molecule has 36 heavy (non-hydrogen) atoms. The van der Waals surface area contributed by atoms with Gasteiger partial charge >= 0.3 is 0 Å². The molecule has 2 aliphatic heterocycles. The number of carbonyl (C=O) groups is 2. The Morgan fingerprint density at radius 1 is 0.944 bits per heavy atom. The maximum atomic E-state index is 13.7. The molecule has 2 unspecified atom stereocenters. The van der Waals surface area contributed by atoms with Crippen molar-refractivity contribution >= 4 is 23.0 Å². The van der Waals surface area contributed by atoms with Crippen molar-refractivity contribution in [3.05, 3.63) is 54.1 Å². The highest BCUT2D eigenvalue weighted by Gasteiger charge is 2.60. The van der Waals surface area contributed by atoms with Gasteiger partial charge in [0.05, 0.1) is 0 Å². The number of hydrogen-bond donors (Lipinski definition) is 3. The molecule has 2 atom stereocenters. The molecule has 3 aliphatic rings. The zero-order valence-corrected chi connectivity index (χ0v) is 21.1.